The number of thiazole rings is 1. The van der Waals surface area contributed by atoms with Crippen LogP contribution in [0.15, 0.2) is 78.9 Å². The molecule has 0 fully saturated rings. The van der Waals surface area contributed by atoms with Crippen molar-refractivity contribution in [2.24, 2.45) is 0 Å². The molecule has 4 heteroatoms. The summed E-state index contributed by atoms with van der Waals surface area (Å²) >= 11 is 1.55. The highest BCUT2D eigenvalue weighted by Crippen LogP contribution is 2.28. The summed E-state index contributed by atoms with van der Waals surface area (Å²) in [6.07, 6.45) is 1.91. The van der Waals surface area contributed by atoms with Crippen LogP contribution >= 0.6 is 11.3 Å². The van der Waals surface area contributed by atoms with Gasteiger partial charge in [0.1, 0.15) is 11.1 Å². The summed E-state index contributed by atoms with van der Waals surface area (Å²) in [6.45, 7) is 3.97. The molecule has 0 N–H and O–H groups in total. The van der Waals surface area contributed by atoms with E-state index in [2.05, 4.69) is 71.4 Å². The zero-order chi connectivity index (χ0) is 20.1. The Balaban J connectivity index is 1.56. The normalized spacial score (nSPS) is 11.4. The molecule has 0 atom stereocenters. The average Bonchev–Trinajstić information content (AvgIpc) is 3.21. The molecule has 0 radical (unpaired) electrons. The molecule has 29 heavy (non-hydrogen) atoms. The molecule has 0 aliphatic rings. The maximum Gasteiger partial charge on any atom is 0.135 e. The van der Waals surface area contributed by atoms with Crippen molar-refractivity contribution in [1.82, 2.24) is 4.98 Å². The Morgan fingerprint density at radius 2 is 1.72 bits per heavy atom. The Bertz CT molecular complexity index is 1140. The Hall–Kier alpha value is -3.42. The van der Waals surface area contributed by atoms with Gasteiger partial charge in [-0.25, -0.2) is 4.98 Å². The van der Waals surface area contributed by atoms with Gasteiger partial charge in [0.15, 0.2) is 0 Å². The Labute approximate surface area is 175 Å². The number of para-hydroxylation sites is 1. The number of benzene rings is 3. The number of hydrogen-bond donors (Lipinski definition) is 0. The fraction of sp³-hybridized carbons (Fsp3) is 0.120. The number of allylic oxidation sites excluding steroid dienone is 1. The summed E-state index contributed by atoms with van der Waals surface area (Å²) in [5.74, 6) is 0. The Kier molecular flexibility index (Phi) is 5.69. The van der Waals surface area contributed by atoms with Gasteiger partial charge in [-0.05, 0) is 48.4 Å². The largest absolute Gasteiger partial charge is 0.367 e. The topological polar surface area (TPSA) is 39.9 Å². The number of nitrogens with zero attached hydrogens (tertiary/aromatic N) is 3. The fourth-order valence-electron chi connectivity index (χ4n) is 3.27. The molecule has 0 saturated heterocycles. The zero-order valence-electron chi connectivity index (χ0n) is 16.2. The molecular weight excluding hydrogens is 374 g/mol. The van der Waals surface area contributed by atoms with Crippen molar-refractivity contribution in [3.8, 4) is 6.07 Å². The lowest BCUT2D eigenvalue weighted by Crippen LogP contribution is -2.21. The Morgan fingerprint density at radius 1 is 1.00 bits per heavy atom. The lowest BCUT2D eigenvalue weighted by Gasteiger charge is -2.23. The molecule has 0 amide bonds. The van der Waals surface area contributed by atoms with Crippen LogP contribution in [0.1, 0.15) is 23.1 Å². The highest BCUT2D eigenvalue weighted by molar-refractivity contribution is 7.19. The second kappa shape index (κ2) is 8.72. The monoisotopic (exact) mass is 395 g/mol. The molecule has 1 heterocycles. The molecule has 1 aromatic heterocycles. The van der Waals surface area contributed by atoms with Crippen molar-refractivity contribution in [3.63, 3.8) is 0 Å². The van der Waals surface area contributed by atoms with Gasteiger partial charge in [-0.15, -0.1) is 11.3 Å². The van der Waals surface area contributed by atoms with Crippen molar-refractivity contribution in [2.45, 2.75) is 13.5 Å². The minimum Gasteiger partial charge on any atom is -0.367 e. The van der Waals surface area contributed by atoms with Crippen molar-refractivity contribution in [2.75, 3.05) is 11.4 Å². The number of aromatic nitrogens is 1. The van der Waals surface area contributed by atoms with Gasteiger partial charge in [0, 0.05) is 18.8 Å². The van der Waals surface area contributed by atoms with Crippen molar-refractivity contribution < 1.29 is 0 Å². The molecule has 0 aliphatic heterocycles. The third-order valence-corrected chi connectivity index (χ3v) is 5.88. The third kappa shape index (κ3) is 4.37. The molecule has 0 spiro atoms. The number of rotatable bonds is 6. The van der Waals surface area contributed by atoms with E-state index in [4.69, 9.17) is 0 Å². The van der Waals surface area contributed by atoms with E-state index in [0.717, 1.165) is 33.9 Å². The van der Waals surface area contributed by atoms with Crippen LogP contribution in [0.4, 0.5) is 5.69 Å². The fourth-order valence-corrected chi connectivity index (χ4v) is 4.20. The smallest absolute Gasteiger partial charge is 0.135 e. The molecule has 4 aromatic rings. The van der Waals surface area contributed by atoms with Gasteiger partial charge in [0.05, 0.1) is 15.8 Å². The first-order valence-corrected chi connectivity index (χ1v) is 10.4. The molecule has 0 unspecified atom stereocenters. The van der Waals surface area contributed by atoms with Crippen LogP contribution in [0.3, 0.4) is 0 Å². The van der Waals surface area contributed by atoms with E-state index in [-0.39, 0.29) is 0 Å². The molecule has 4 rings (SSSR count). The van der Waals surface area contributed by atoms with Gasteiger partial charge >= 0.3 is 0 Å². The maximum atomic E-state index is 9.65. The van der Waals surface area contributed by atoms with E-state index in [1.54, 1.807) is 11.3 Å². The quantitative estimate of drug-likeness (QED) is 0.355. The van der Waals surface area contributed by atoms with Crippen LogP contribution in [-0.2, 0) is 6.54 Å². The summed E-state index contributed by atoms with van der Waals surface area (Å²) in [6, 6.07) is 29.1. The second-order valence-corrected chi connectivity index (χ2v) is 7.78. The minimum absolute atomic E-state index is 0.593. The standard InChI is InChI=1S/C25H21N3S/c1-2-28(18-20-8-4-3-5-9-20)22-14-12-19(13-15-22)16-21(17-26)25-27-23-10-6-7-11-24(23)29-25/h3-16H,2,18H2,1H3/b21-16+. The number of nitriles is 1. The van der Waals surface area contributed by atoms with E-state index in [9.17, 15) is 5.26 Å². The average molecular weight is 396 g/mol. The summed E-state index contributed by atoms with van der Waals surface area (Å²) in [5, 5.41) is 10.4. The van der Waals surface area contributed by atoms with Crippen LogP contribution in [0.5, 0.6) is 0 Å². The minimum atomic E-state index is 0.593. The van der Waals surface area contributed by atoms with E-state index in [1.807, 2.05) is 36.4 Å². The summed E-state index contributed by atoms with van der Waals surface area (Å²) in [7, 11) is 0. The van der Waals surface area contributed by atoms with Gasteiger partial charge in [0.2, 0.25) is 0 Å². The van der Waals surface area contributed by atoms with Gasteiger partial charge in [0.25, 0.3) is 0 Å². The van der Waals surface area contributed by atoms with Crippen molar-refractivity contribution >= 4 is 38.9 Å². The first-order valence-electron chi connectivity index (χ1n) is 9.63. The molecular formula is C25H21N3S. The zero-order valence-corrected chi connectivity index (χ0v) is 17.1. The van der Waals surface area contributed by atoms with E-state index in [0.29, 0.717) is 5.57 Å². The van der Waals surface area contributed by atoms with E-state index < -0.39 is 0 Å². The van der Waals surface area contributed by atoms with Gasteiger partial charge < -0.3 is 4.90 Å². The second-order valence-electron chi connectivity index (χ2n) is 6.75. The van der Waals surface area contributed by atoms with Crippen molar-refractivity contribution in [1.29, 1.82) is 5.26 Å². The SMILES string of the molecule is CCN(Cc1ccccc1)c1ccc(/C=C(\C#N)c2nc3ccccc3s2)cc1. The predicted octanol–water partition coefficient (Wildman–Crippen LogP) is 6.39. The third-order valence-electron chi connectivity index (χ3n) is 4.81. The highest BCUT2D eigenvalue weighted by Gasteiger charge is 2.09. The summed E-state index contributed by atoms with van der Waals surface area (Å²) in [5.41, 5.74) is 4.99. The van der Waals surface area contributed by atoms with Crippen molar-refractivity contribution in [3.05, 3.63) is 95.0 Å². The molecule has 0 bridgehead atoms. The van der Waals surface area contributed by atoms with Gasteiger partial charge in [-0.2, -0.15) is 5.26 Å². The van der Waals surface area contributed by atoms with Gasteiger partial charge in [-0.3, -0.25) is 0 Å². The van der Waals surface area contributed by atoms with E-state index >= 15 is 0 Å². The molecule has 142 valence electrons. The molecule has 3 nitrogen and oxygen atoms in total. The van der Waals surface area contributed by atoms with Gasteiger partial charge in [-0.1, -0.05) is 54.6 Å². The first-order chi connectivity index (χ1) is 14.3. The number of anilines is 1. The number of fused-ring (bicyclic) bond motifs is 1. The predicted molar refractivity (Wildman–Crippen MR) is 123 cm³/mol. The summed E-state index contributed by atoms with van der Waals surface area (Å²) < 4.78 is 1.10. The Morgan fingerprint density at radius 3 is 2.41 bits per heavy atom. The lowest BCUT2D eigenvalue weighted by molar-refractivity contribution is 0.832. The van der Waals surface area contributed by atoms with Crippen LogP contribution in [0.2, 0.25) is 0 Å². The molecule has 0 aliphatic carbocycles. The molecule has 3 aromatic carbocycles. The van der Waals surface area contributed by atoms with Crippen LogP contribution in [0.25, 0.3) is 21.9 Å². The summed E-state index contributed by atoms with van der Waals surface area (Å²) in [4.78, 5) is 6.94. The highest BCUT2D eigenvalue weighted by atomic mass is 32.1. The maximum absolute atomic E-state index is 9.65. The molecule has 0 saturated carbocycles. The lowest BCUT2D eigenvalue weighted by atomic mass is 10.1. The first kappa shape index (κ1) is 18.9. The van der Waals surface area contributed by atoms with Crippen LogP contribution in [0, 0.1) is 11.3 Å². The van der Waals surface area contributed by atoms with Crippen LogP contribution in [-0.4, -0.2) is 11.5 Å². The van der Waals surface area contributed by atoms with E-state index in [1.165, 1.54) is 11.3 Å². The van der Waals surface area contributed by atoms with Crippen LogP contribution < -0.4 is 4.90 Å². The number of hydrogen-bond acceptors (Lipinski definition) is 4.